The van der Waals surface area contributed by atoms with Gasteiger partial charge >= 0.3 is 11.9 Å². The molecule has 2 saturated heterocycles. The van der Waals surface area contributed by atoms with Crippen LogP contribution in [0.25, 0.3) is 0 Å². The van der Waals surface area contributed by atoms with E-state index in [0.717, 1.165) is 11.8 Å². The monoisotopic (exact) mass is 479 g/mol. The van der Waals surface area contributed by atoms with Gasteiger partial charge in [0.05, 0.1) is 39.3 Å². The van der Waals surface area contributed by atoms with Crippen LogP contribution in [0.15, 0.2) is 0 Å². The van der Waals surface area contributed by atoms with Gasteiger partial charge in [-0.2, -0.15) is 0 Å². The Balaban J connectivity index is 0.000000291. The molecule has 2 heterocycles. The van der Waals surface area contributed by atoms with Crippen molar-refractivity contribution in [2.45, 2.75) is 72.0 Å². The standard InChI is InChI=1S/C11H21NO3.C10H17BrO3/c1-4-10(2,3)15-9(13)5-11(6-12)7-14-8-11;1-9(2,3)14-8(12)4-10(5-11)6-13-7-10/h4-8,12H2,1-3H3;4-7H2,1-3H3. The molecule has 2 fully saturated rings. The molecular weight excluding hydrogens is 442 g/mol. The minimum absolute atomic E-state index is 0.0255. The van der Waals surface area contributed by atoms with E-state index >= 15 is 0 Å². The van der Waals surface area contributed by atoms with Crippen LogP contribution in [-0.2, 0) is 28.5 Å². The van der Waals surface area contributed by atoms with Crippen LogP contribution in [0.4, 0.5) is 0 Å². The van der Waals surface area contributed by atoms with Crippen LogP contribution in [0.5, 0.6) is 0 Å². The minimum Gasteiger partial charge on any atom is -0.460 e. The Kier molecular flexibility index (Phi) is 9.58. The number of hydrogen-bond acceptors (Lipinski definition) is 7. The molecule has 8 heteroatoms. The Labute approximate surface area is 183 Å². The summed E-state index contributed by atoms with van der Waals surface area (Å²) in [4.78, 5) is 23.2. The second-order valence-corrected chi connectivity index (χ2v) is 10.4. The van der Waals surface area contributed by atoms with Gasteiger partial charge in [0.25, 0.3) is 0 Å². The van der Waals surface area contributed by atoms with Crippen LogP contribution in [0.3, 0.4) is 0 Å². The molecule has 0 atom stereocenters. The maximum absolute atomic E-state index is 11.7. The molecule has 0 saturated carbocycles. The zero-order chi connectivity index (χ0) is 22.3. The van der Waals surface area contributed by atoms with Gasteiger partial charge in [0.2, 0.25) is 0 Å². The highest BCUT2D eigenvalue weighted by Crippen LogP contribution is 2.34. The molecule has 0 spiro atoms. The van der Waals surface area contributed by atoms with E-state index < -0.39 is 5.60 Å². The van der Waals surface area contributed by atoms with Crippen LogP contribution >= 0.6 is 15.9 Å². The van der Waals surface area contributed by atoms with Gasteiger partial charge in [0.1, 0.15) is 11.2 Å². The van der Waals surface area contributed by atoms with Gasteiger partial charge < -0.3 is 24.7 Å². The molecule has 0 amide bonds. The highest BCUT2D eigenvalue weighted by Gasteiger charge is 2.41. The summed E-state index contributed by atoms with van der Waals surface area (Å²) in [5.74, 6) is -0.309. The van der Waals surface area contributed by atoms with E-state index in [9.17, 15) is 9.59 Å². The normalized spacial score (nSPS) is 19.7. The van der Waals surface area contributed by atoms with Gasteiger partial charge in [-0.05, 0) is 41.0 Å². The number of rotatable bonds is 8. The summed E-state index contributed by atoms with van der Waals surface area (Å²) in [7, 11) is 0. The number of carbonyl (C=O) groups is 2. The first-order valence-corrected chi connectivity index (χ1v) is 11.3. The summed E-state index contributed by atoms with van der Waals surface area (Å²) in [5, 5.41) is 0.791. The molecule has 0 aromatic carbocycles. The van der Waals surface area contributed by atoms with Crippen molar-refractivity contribution in [1.82, 2.24) is 0 Å². The molecule has 2 aliphatic heterocycles. The lowest BCUT2D eigenvalue weighted by Crippen LogP contribution is -2.50. The SMILES string of the molecule is CC(C)(C)OC(=O)CC1(CBr)COC1.CCC(C)(C)OC(=O)CC1(CN)COC1. The minimum atomic E-state index is -0.394. The average molecular weight is 480 g/mol. The van der Waals surface area contributed by atoms with Crippen molar-refractivity contribution in [3.63, 3.8) is 0 Å². The molecule has 2 rings (SSSR count). The Bertz CT molecular complexity index is 539. The molecule has 0 aliphatic carbocycles. The van der Waals surface area contributed by atoms with E-state index in [1.165, 1.54) is 0 Å². The smallest absolute Gasteiger partial charge is 0.307 e. The van der Waals surface area contributed by atoms with Crippen LogP contribution in [0.2, 0.25) is 0 Å². The highest BCUT2D eigenvalue weighted by atomic mass is 79.9. The van der Waals surface area contributed by atoms with Crippen molar-refractivity contribution in [2.24, 2.45) is 16.6 Å². The fraction of sp³-hybridized carbons (Fsp3) is 0.905. The molecule has 2 N–H and O–H groups in total. The van der Waals surface area contributed by atoms with Crippen LogP contribution in [0, 0.1) is 10.8 Å². The summed E-state index contributed by atoms with van der Waals surface area (Å²) < 4.78 is 20.8. The van der Waals surface area contributed by atoms with Gasteiger partial charge in [-0.3, -0.25) is 9.59 Å². The number of alkyl halides is 1. The predicted molar refractivity (Wildman–Crippen MR) is 115 cm³/mol. The van der Waals surface area contributed by atoms with Crippen molar-refractivity contribution in [3.05, 3.63) is 0 Å². The molecule has 0 aromatic rings. The molecular formula is C21H38BrNO6. The van der Waals surface area contributed by atoms with Gasteiger partial charge in [-0.15, -0.1) is 0 Å². The Morgan fingerprint density at radius 2 is 1.38 bits per heavy atom. The topological polar surface area (TPSA) is 97.1 Å². The van der Waals surface area contributed by atoms with E-state index in [-0.39, 0.29) is 28.4 Å². The molecule has 0 aromatic heterocycles. The van der Waals surface area contributed by atoms with Gasteiger partial charge in [0.15, 0.2) is 0 Å². The zero-order valence-electron chi connectivity index (χ0n) is 18.8. The molecule has 2 aliphatic rings. The molecule has 170 valence electrons. The second-order valence-electron chi connectivity index (χ2n) is 9.85. The molecule has 7 nitrogen and oxygen atoms in total. The summed E-state index contributed by atoms with van der Waals surface area (Å²) in [5.41, 5.74) is 4.66. The van der Waals surface area contributed by atoms with E-state index in [1.807, 2.05) is 41.5 Å². The van der Waals surface area contributed by atoms with Crippen molar-refractivity contribution >= 4 is 27.9 Å². The van der Waals surface area contributed by atoms with Crippen LogP contribution in [0.1, 0.15) is 60.8 Å². The van der Waals surface area contributed by atoms with E-state index in [0.29, 0.717) is 45.8 Å². The first-order valence-electron chi connectivity index (χ1n) is 10.2. The Morgan fingerprint density at radius 3 is 1.69 bits per heavy atom. The molecule has 29 heavy (non-hydrogen) atoms. The van der Waals surface area contributed by atoms with Crippen molar-refractivity contribution < 1.29 is 28.5 Å². The Morgan fingerprint density at radius 1 is 0.931 bits per heavy atom. The third-order valence-electron chi connectivity index (χ3n) is 5.05. The highest BCUT2D eigenvalue weighted by molar-refractivity contribution is 9.09. The van der Waals surface area contributed by atoms with E-state index in [2.05, 4.69) is 15.9 Å². The molecule has 0 bridgehead atoms. The lowest BCUT2D eigenvalue weighted by molar-refractivity contribution is -0.171. The third-order valence-corrected chi connectivity index (χ3v) is 6.24. The first kappa shape index (κ1) is 26.3. The first-order chi connectivity index (χ1) is 13.3. The van der Waals surface area contributed by atoms with E-state index in [1.54, 1.807) is 0 Å². The Hall–Kier alpha value is -0.700. The van der Waals surface area contributed by atoms with Gasteiger partial charge in [-0.1, -0.05) is 22.9 Å². The third kappa shape index (κ3) is 8.90. The maximum Gasteiger partial charge on any atom is 0.307 e. The zero-order valence-corrected chi connectivity index (χ0v) is 20.4. The number of ether oxygens (including phenoxy) is 4. The van der Waals surface area contributed by atoms with Crippen molar-refractivity contribution in [2.75, 3.05) is 38.3 Å². The van der Waals surface area contributed by atoms with Gasteiger partial charge in [-0.25, -0.2) is 0 Å². The predicted octanol–water partition coefficient (Wildman–Crippen LogP) is 3.21. The van der Waals surface area contributed by atoms with Crippen molar-refractivity contribution in [1.29, 1.82) is 0 Å². The summed E-state index contributed by atoms with van der Waals surface area (Å²) >= 11 is 3.40. The quantitative estimate of drug-likeness (QED) is 0.421. The lowest BCUT2D eigenvalue weighted by Gasteiger charge is -2.40. The van der Waals surface area contributed by atoms with Crippen LogP contribution in [-0.4, -0.2) is 61.4 Å². The van der Waals surface area contributed by atoms with Crippen molar-refractivity contribution in [3.8, 4) is 0 Å². The fourth-order valence-corrected chi connectivity index (χ4v) is 3.23. The van der Waals surface area contributed by atoms with Gasteiger partial charge in [0, 0.05) is 22.7 Å². The number of nitrogens with two attached hydrogens (primary N) is 1. The number of hydrogen-bond donors (Lipinski definition) is 1. The number of halogens is 1. The summed E-state index contributed by atoms with van der Waals surface area (Å²) in [6.45, 7) is 14.4. The number of esters is 2. The largest absolute Gasteiger partial charge is 0.460 e. The maximum atomic E-state index is 11.7. The lowest BCUT2D eigenvalue weighted by atomic mass is 9.82. The summed E-state index contributed by atoms with van der Waals surface area (Å²) in [6.07, 6.45) is 1.62. The number of carbonyl (C=O) groups excluding carboxylic acids is 2. The fourth-order valence-electron chi connectivity index (χ4n) is 2.71. The molecule has 0 unspecified atom stereocenters. The van der Waals surface area contributed by atoms with Crippen LogP contribution < -0.4 is 5.73 Å². The summed E-state index contributed by atoms with van der Waals surface area (Å²) in [6, 6.07) is 0. The average Bonchev–Trinajstić information content (AvgIpc) is 2.53. The second kappa shape index (κ2) is 10.6. The molecule has 0 radical (unpaired) electrons. The van der Waals surface area contributed by atoms with E-state index in [4.69, 9.17) is 24.7 Å².